The van der Waals surface area contributed by atoms with Crippen LogP contribution in [0.2, 0.25) is 0 Å². The van der Waals surface area contributed by atoms with E-state index in [2.05, 4.69) is 150 Å². The van der Waals surface area contributed by atoms with E-state index in [4.69, 9.17) is 16.5 Å². The van der Waals surface area contributed by atoms with Crippen molar-refractivity contribution in [3.63, 3.8) is 0 Å². The summed E-state index contributed by atoms with van der Waals surface area (Å²) < 4.78 is 0. The highest BCUT2D eigenvalue weighted by atomic mass is 14.9. The largest absolute Gasteiger partial charge is 0.238 e. The number of benzene rings is 7. The van der Waals surface area contributed by atoms with Gasteiger partial charge in [0.05, 0.1) is 23.4 Å². The van der Waals surface area contributed by atoms with E-state index >= 15 is 0 Å². The number of fused-ring (bicyclic) bond motifs is 3. The standard InChI is InChI=1S/C48H31N3/c1-49-39-28-29-42-41(31-39)46-40(26-15-27-43(46)48(42,37-22-10-4-11-23-37)38-24-12-5-13-25-38)35-20-14-21-36(30-35)45-32-44(33-16-6-2-7-17-33)50-47(51-45)34-18-8-3-9-19-34/h2-32H. The molecular formula is C48H31N3. The lowest BCUT2D eigenvalue weighted by Gasteiger charge is -2.34. The van der Waals surface area contributed by atoms with Gasteiger partial charge in [-0.1, -0.05) is 170 Å². The van der Waals surface area contributed by atoms with Crippen LogP contribution in [0.4, 0.5) is 5.69 Å². The molecular weight excluding hydrogens is 619 g/mol. The molecule has 7 aromatic carbocycles. The van der Waals surface area contributed by atoms with Crippen molar-refractivity contribution in [1.82, 2.24) is 9.97 Å². The van der Waals surface area contributed by atoms with E-state index in [0.29, 0.717) is 11.5 Å². The van der Waals surface area contributed by atoms with Gasteiger partial charge in [0.1, 0.15) is 0 Å². The predicted molar refractivity (Wildman–Crippen MR) is 207 cm³/mol. The SMILES string of the molecule is [C-]#[N+]c1ccc2c(c1)-c1c(-c3cccc(-c4cc(-c5ccccc5)nc(-c5ccccc5)n4)c3)cccc1C2(c1ccccc1)c1ccccc1. The molecule has 51 heavy (non-hydrogen) atoms. The Morgan fingerprint density at radius 2 is 0.961 bits per heavy atom. The molecule has 0 N–H and O–H groups in total. The molecule has 0 saturated heterocycles. The summed E-state index contributed by atoms with van der Waals surface area (Å²) in [4.78, 5) is 14.0. The van der Waals surface area contributed by atoms with Crippen molar-refractivity contribution < 1.29 is 0 Å². The first kappa shape index (κ1) is 30.2. The zero-order valence-corrected chi connectivity index (χ0v) is 27.7. The van der Waals surface area contributed by atoms with E-state index in [9.17, 15) is 0 Å². The zero-order valence-electron chi connectivity index (χ0n) is 27.7. The van der Waals surface area contributed by atoms with Crippen molar-refractivity contribution >= 4 is 5.69 Å². The van der Waals surface area contributed by atoms with E-state index < -0.39 is 5.41 Å². The molecule has 1 aliphatic rings. The van der Waals surface area contributed by atoms with Crippen molar-refractivity contribution in [3.05, 3.63) is 222 Å². The molecule has 0 aliphatic heterocycles. The van der Waals surface area contributed by atoms with E-state index in [1.165, 1.54) is 22.3 Å². The van der Waals surface area contributed by atoms with Crippen LogP contribution in [0.3, 0.4) is 0 Å². The Bertz CT molecular complexity index is 2470. The summed E-state index contributed by atoms with van der Waals surface area (Å²) in [6.45, 7) is 7.93. The fourth-order valence-corrected chi connectivity index (χ4v) is 7.76. The quantitative estimate of drug-likeness (QED) is 0.168. The van der Waals surface area contributed by atoms with Crippen molar-refractivity contribution in [3.8, 4) is 56.2 Å². The lowest BCUT2D eigenvalue weighted by atomic mass is 9.67. The lowest BCUT2D eigenvalue weighted by Crippen LogP contribution is -2.28. The van der Waals surface area contributed by atoms with Crippen LogP contribution in [-0.4, -0.2) is 9.97 Å². The molecule has 0 unspecified atom stereocenters. The van der Waals surface area contributed by atoms with Gasteiger partial charge < -0.3 is 0 Å². The number of rotatable bonds is 6. The number of hydrogen-bond donors (Lipinski definition) is 0. The number of hydrogen-bond acceptors (Lipinski definition) is 2. The molecule has 3 nitrogen and oxygen atoms in total. The Kier molecular flexibility index (Phi) is 7.42. The van der Waals surface area contributed by atoms with E-state index in [0.717, 1.165) is 50.3 Å². The number of nitrogens with zero attached hydrogens (tertiary/aromatic N) is 3. The maximum Gasteiger partial charge on any atom is 0.187 e. The Hall–Kier alpha value is -6.89. The van der Waals surface area contributed by atoms with Crippen molar-refractivity contribution in [2.75, 3.05) is 0 Å². The van der Waals surface area contributed by atoms with Crippen LogP contribution in [0.15, 0.2) is 188 Å². The van der Waals surface area contributed by atoms with Gasteiger partial charge in [0.15, 0.2) is 11.5 Å². The molecule has 238 valence electrons. The van der Waals surface area contributed by atoms with E-state index in [1.54, 1.807) is 0 Å². The lowest BCUT2D eigenvalue weighted by molar-refractivity contribution is 0.769. The average Bonchev–Trinajstić information content (AvgIpc) is 3.52. The van der Waals surface area contributed by atoms with Crippen LogP contribution < -0.4 is 0 Å². The van der Waals surface area contributed by atoms with Crippen LogP contribution in [0.25, 0.3) is 61.0 Å². The van der Waals surface area contributed by atoms with Crippen LogP contribution in [0, 0.1) is 6.57 Å². The third-order valence-corrected chi connectivity index (χ3v) is 9.98. The minimum atomic E-state index is -0.552. The maximum atomic E-state index is 7.93. The van der Waals surface area contributed by atoms with Gasteiger partial charge in [-0.25, -0.2) is 14.8 Å². The van der Waals surface area contributed by atoms with Gasteiger partial charge in [0.2, 0.25) is 0 Å². The number of aromatic nitrogens is 2. The molecule has 0 radical (unpaired) electrons. The van der Waals surface area contributed by atoms with Gasteiger partial charge >= 0.3 is 0 Å². The third kappa shape index (κ3) is 5.05. The second-order valence-electron chi connectivity index (χ2n) is 12.8. The molecule has 3 heteroatoms. The molecule has 1 heterocycles. The van der Waals surface area contributed by atoms with Gasteiger partial charge in [-0.3, -0.25) is 0 Å². The fourth-order valence-electron chi connectivity index (χ4n) is 7.76. The van der Waals surface area contributed by atoms with Gasteiger partial charge in [-0.05, 0) is 62.7 Å². The second-order valence-corrected chi connectivity index (χ2v) is 12.8. The first-order valence-electron chi connectivity index (χ1n) is 17.1. The minimum Gasteiger partial charge on any atom is -0.238 e. The molecule has 1 aromatic heterocycles. The van der Waals surface area contributed by atoms with Crippen molar-refractivity contribution in [2.24, 2.45) is 0 Å². The van der Waals surface area contributed by atoms with E-state index in [-0.39, 0.29) is 0 Å². The van der Waals surface area contributed by atoms with Gasteiger partial charge in [0.25, 0.3) is 0 Å². The van der Waals surface area contributed by atoms with E-state index in [1.807, 2.05) is 42.5 Å². The molecule has 9 rings (SSSR count). The highest BCUT2D eigenvalue weighted by molar-refractivity contribution is 5.97. The minimum absolute atomic E-state index is 0.552. The highest BCUT2D eigenvalue weighted by Gasteiger charge is 2.46. The molecule has 8 aromatic rings. The Balaban J connectivity index is 1.28. The normalized spacial score (nSPS) is 12.5. The molecule has 0 atom stereocenters. The topological polar surface area (TPSA) is 30.1 Å². The molecule has 1 aliphatic carbocycles. The Morgan fingerprint density at radius 1 is 0.412 bits per heavy atom. The smallest absolute Gasteiger partial charge is 0.187 e. The molecule has 0 bridgehead atoms. The maximum absolute atomic E-state index is 7.93. The van der Waals surface area contributed by atoms with Gasteiger partial charge in [-0.15, -0.1) is 0 Å². The average molecular weight is 650 g/mol. The highest BCUT2D eigenvalue weighted by Crippen LogP contribution is 2.58. The molecule has 0 spiro atoms. The molecule has 0 fully saturated rings. The first-order valence-corrected chi connectivity index (χ1v) is 17.1. The zero-order chi connectivity index (χ0) is 34.2. The van der Waals surface area contributed by atoms with Crippen LogP contribution in [0.1, 0.15) is 22.3 Å². The summed E-state index contributed by atoms with van der Waals surface area (Å²) in [5, 5.41) is 0. The molecule has 0 amide bonds. The van der Waals surface area contributed by atoms with Crippen molar-refractivity contribution in [2.45, 2.75) is 5.41 Å². The fraction of sp³-hybridized carbons (Fsp3) is 0.0208. The summed E-state index contributed by atoms with van der Waals surface area (Å²) in [6.07, 6.45) is 0. The summed E-state index contributed by atoms with van der Waals surface area (Å²) in [5.41, 5.74) is 14.1. The Labute approximate surface area is 298 Å². The summed E-state index contributed by atoms with van der Waals surface area (Å²) >= 11 is 0. The Morgan fingerprint density at radius 3 is 1.61 bits per heavy atom. The first-order chi connectivity index (χ1) is 25.2. The van der Waals surface area contributed by atoms with Gasteiger partial charge in [-0.2, -0.15) is 0 Å². The summed E-state index contributed by atoms with van der Waals surface area (Å²) in [5.74, 6) is 0.689. The van der Waals surface area contributed by atoms with Crippen LogP contribution >= 0.6 is 0 Å². The molecule has 0 saturated carbocycles. The van der Waals surface area contributed by atoms with Crippen LogP contribution in [0.5, 0.6) is 0 Å². The third-order valence-electron chi connectivity index (χ3n) is 9.98. The van der Waals surface area contributed by atoms with Gasteiger partial charge in [0, 0.05) is 16.7 Å². The summed E-state index contributed by atoms with van der Waals surface area (Å²) in [6, 6.07) is 65.6. The second kappa shape index (κ2) is 12.5. The van der Waals surface area contributed by atoms with Crippen LogP contribution in [-0.2, 0) is 5.41 Å². The summed E-state index contributed by atoms with van der Waals surface area (Å²) in [7, 11) is 0. The predicted octanol–water partition coefficient (Wildman–Crippen LogP) is 12.1. The van der Waals surface area contributed by atoms with Crippen molar-refractivity contribution in [1.29, 1.82) is 0 Å². The monoisotopic (exact) mass is 649 g/mol.